The molecule has 2 rings (SSSR count). The molecule has 0 spiro atoms. The Morgan fingerprint density at radius 3 is 2.10 bits per heavy atom. The van der Waals surface area contributed by atoms with Gasteiger partial charge in [-0.05, 0) is 24.1 Å². The van der Waals surface area contributed by atoms with Crippen LogP contribution in [-0.2, 0) is 10.1 Å². The number of para-hydroxylation sites is 1. The van der Waals surface area contributed by atoms with Gasteiger partial charge in [0.05, 0.1) is 5.75 Å². The third-order valence-electron chi connectivity index (χ3n) is 3.17. The normalized spacial score (nSPS) is 12.8. The molecule has 0 fully saturated rings. The van der Waals surface area contributed by atoms with Crippen molar-refractivity contribution in [3.05, 3.63) is 66.2 Å². The molecule has 0 amide bonds. The molecule has 1 unspecified atom stereocenters. The summed E-state index contributed by atoms with van der Waals surface area (Å²) in [5, 5.41) is 9.43. The number of hydrogen-bond donors (Lipinski definition) is 1. The maximum absolute atomic E-state index is 11.9. The maximum Gasteiger partial charge on any atom is 0.309 e. The summed E-state index contributed by atoms with van der Waals surface area (Å²) >= 11 is 0. The Kier molecular flexibility index (Phi) is 5.36. The minimum Gasteiger partial charge on any atom is -0.396 e. The largest absolute Gasteiger partial charge is 0.396 e. The predicted molar refractivity (Wildman–Crippen MR) is 81.7 cm³/mol. The zero-order valence-electron chi connectivity index (χ0n) is 11.6. The first kappa shape index (κ1) is 15.5. The summed E-state index contributed by atoms with van der Waals surface area (Å²) in [5.74, 6) is -0.0414. The Balaban J connectivity index is 1.97. The highest BCUT2D eigenvalue weighted by Crippen LogP contribution is 2.20. The van der Waals surface area contributed by atoms with Crippen LogP contribution in [-0.4, -0.2) is 25.9 Å². The highest BCUT2D eigenvalue weighted by molar-refractivity contribution is 7.87. The molecule has 1 N–H and O–H groups in total. The van der Waals surface area contributed by atoms with E-state index in [1.165, 1.54) is 0 Å². The average Bonchev–Trinajstić information content (AvgIpc) is 2.49. The lowest BCUT2D eigenvalue weighted by Crippen LogP contribution is -2.17. The number of benzene rings is 2. The SMILES string of the molecule is O=S(=O)(CCC(CO)c1ccccc1)Oc1ccccc1. The second-order valence-electron chi connectivity index (χ2n) is 4.74. The zero-order valence-corrected chi connectivity index (χ0v) is 12.4. The second-order valence-corrected chi connectivity index (χ2v) is 6.43. The Labute approximate surface area is 125 Å². The highest BCUT2D eigenvalue weighted by Gasteiger charge is 2.18. The Hall–Kier alpha value is -1.85. The fourth-order valence-electron chi connectivity index (χ4n) is 2.04. The topological polar surface area (TPSA) is 63.6 Å². The molecule has 112 valence electrons. The van der Waals surface area contributed by atoms with E-state index in [1.807, 2.05) is 30.3 Å². The van der Waals surface area contributed by atoms with Gasteiger partial charge in [-0.2, -0.15) is 8.42 Å². The summed E-state index contributed by atoms with van der Waals surface area (Å²) < 4.78 is 28.9. The molecular formula is C16H18O4S. The van der Waals surface area contributed by atoms with Crippen molar-refractivity contribution in [2.24, 2.45) is 0 Å². The number of aliphatic hydroxyl groups excluding tert-OH is 1. The maximum atomic E-state index is 11.9. The van der Waals surface area contributed by atoms with Crippen LogP contribution in [0.1, 0.15) is 17.9 Å². The lowest BCUT2D eigenvalue weighted by atomic mass is 9.98. The van der Waals surface area contributed by atoms with Crippen molar-refractivity contribution >= 4 is 10.1 Å². The van der Waals surface area contributed by atoms with E-state index in [0.717, 1.165) is 5.56 Å². The molecule has 1 atom stereocenters. The Bertz CT molecular complexity index is 638. The summed E-state index contributed by atoms with van der Waals surface area (Å²) in [5.41, 5.74) is 0.926. The molecule has 2 aromatic carbocycles. The van der Waals surface area contributed by atoms with Crippen LogP contribution in [0.3, 0.4) is 0 Å². The van der Waals surface area contributed by atoms with Gasteiger partial charge in [0.25, 0.3) is 0 Å². The molecule has 0 aliphatic heterocycles. The van der Waals surface area contributed by atoms with Crippen LogP contribution in [0.5, 0.6) is 5.75 Å². The smallest absolute Gasteiger partial charge is 0.309 e. The Morgan fingerprint density at radius 1 is 0.952 bits per heavy atom. The van der Waals surface area contributed by atoms with Crippen LogP contribution >= 0.6 is 0 Å². The first-order chi connectivity index (χ1) is 10.1. The molecule has 0 radical (unpaired) electrons. The van der Waals surface area contributed by atoms with Gasteiger partial charge in [-0.15, -0.1) is 0 Å². The number of hydrogen-bond acceptors (Lipinski definition) is 4. The van der Waals surface area contributed by atoms with Gasteiger partial charge in [0.15, 0.2) is 0 Å². The lowest BCUT2D eigenvalue weighted by molar-refractivity contribution is 0.262. The van der Waals surface area contributed by atoms with Gasteiger partial charge >= 0.3 is 10.1 Å². The van der Waals surface area contributed by atoms with E-state index in [9.17, 15) is 13.5 Å². The lowest BCUT2D eigenvalue weighted by Gasteiger charge is -2.14. The highest BCUT2D eigenvalue weighted by atomic mass is 32.2. The predicted octanol–water partition coefficient (Wildman–Crippen LogP) is 2.56. The van der Waals surface area contributed by atoms with Gasteiger partial charge in [-0.25, -0.2) is 0 Å². The molecule has 4 nitrogen and oxygen atoms in total. The quantitative estimate of drug-likeness (QED) is 0.799. The van der Waals surface area contributed by atoms with Gasteiger partial charge in [0.2, 0.25) is 0 Å². The summed E-state index contributed by atoms with van der Waals surface area (Å²) in [6, 6.07) is 17.8. The molecule has 0 aliphatic rings. The third kappa shape index (κ3) is 4.88. The summed E-state index contributed by atoms with van der Waals surface area (Å²) in [6.45, 7) is -0.0924. The molecule has 0 aromatic heterocycles. The molecular weight excluding hydrogens is 288 g/mol. The van der Waals surface area contributed by atoms with Gasteiger partial charge in [-0.3, -0.25) is 0 Å². The monoisotopic (exact) mass is 306 g/mol. The summed E-state index contributed by atoms with van der Waals surface area (Å²) in [6.07, 6.45) is 0.315. The van der Waals surface area contributed by atoms with E-state index < -0.39 is 10.1 Å². The van der Waals surface area contributed by atoms with E-state index in [4.69, 9.17) is 4.18 Å². The summed E-state index contributed by atoms with van der Waals surface area (Å²) in [7, 11) is -3.66. The van der Waals surface area contributed by atoms with Crippen molar-refractivity contribution in [3.8, 4) is 5.75 Å². The zero-order chi connectivity index (χ0) is 15.1. The standard InChI is InChI=1S/C16H18O4S/c17-13-15(14-7-3-1-4-8-14)11-12-21(18,19)20-16-9-5-2-6-10-16/h1-10,15,17H,11-13H2. The minimum atomic E-state index is -3.66. The molecule has 0 heterocycles. The fraction of sp³-hybridized carbons (Fsp3) is 0.250. The van der Waals surface area contributed by atoms with Crippen LogP contribution in [0.25, 0.3) is 0 Å². The van der Waals surface area contributed by atoms with Gasteiger partial charge in [0, 0.05) is 12.5 Å². The van der Waals surface area contributed by atoms with E-state index in [2.05, 4.69) is 0 Å². The van der Waals surface area contributed by atoms with Crippen molar-refractivity contribution in [1.29, 1.82) is 0 Å². The van der Waals surface area contributed by atoms with Crippen LogP contribution in [0.2, 0.25) is 0 Å². The molecule has 21 heavy (non-hydrogen) atoms. The van der Waals surface area contributed by atoms with E-state index >= 15 is 0 Å². The van der Waals surface area contributed by atoms with E-state index in [0.29, 0.717) is 12.2 Å². The van der Waals surface area contributed by atoms with Crippen LogP contribution in [0, 0.1) is 0 Å². The first-order valence-electron chi connectivity index (χ1n) is 6.74. The van der Waals surface area contributed by atoms with E-state index in [1.54, 1.807) is 30.3 Å². The van der Waals surface area contributed by atoms with Crippen molar-refractivity contribution in [1.82, 2.24) is 0 Å². The average molecular weight is 306 g/mol. The van der Waals surface area contributed by atoms with Gasteiger partial charge in [-0.1, -0.05) is 48.5 Å². The van der Waals surface area contributed by atoms with E-state index in [-0.39, 0.29) is 18.3 Å². The van der Waals surface area contributed by atoms with Gasteiger partial charge < -0.3 is 9.29 Å². The first-order valence-corrected chi connectivity index (χ1v) is 8.31. The van der Waals surface area contributed by atoms with Crippen molar-refractivity contribution in [3.63, 3.8) is 0 Å². The van der Waals surface area contributed by atoms with Gasteiger partial charge in [0.1, 0.15) is 5.75 Å². The molecule has 0 bridgehead atoms. The number of aliphatic hydroxyl groups is 1. The van der Waals surface area contributed by atoms with Crippen molar-refractivity contribution in [2.75, 3.05) is 12.4 Å². The van der Waals surface area contributed by atoms with Crippen LogP contribution in [0.4, 0.5) is 0 Å². The minimum absolute atomic E-state index is 0.0924. The molecule has 2 aromatic rings. The molecule has 0 saturated heterocycles. The van der Waals surface area contributed by atoms with Crippen molar-refractivity contribution in [2.45, 2.75) is 12.3 Å². The summed E-state index contributed by atoms with van der Waals surface area (Å²) in [4.78, 5) is 0. The third-order valence-corrected chi connectivity index (χ3v) is 4.36. The fourth-order valence-corrected chi connectivity index (χ4v) is 3.10. The Morgan fingerprint density at radius 2 is 1.52 bits per heavy atom. The second kappa shape index (κ2) is 7.24. The van der Waals surface area contributed by atoms with Crippen LogP contribution in [0.15, 0.2) is 60.7 Å². The number of rotatable bonds is 7. The van der Waals surface area contributed by atoms with Crippen molar-refractivity contribution < 1.29 is 17.7 Å². The molecule has 0 saturated carbocycles. The van der Waals surface area contributed by atoms with Crippen LogP contribution < -0.4 is 4.18 Å². The molecule has 5 heteroatoms. The molecule has 0 aliphatic carbocycles.